The number of amides is 1. The molecule has 0 aliphatic rings. The predicted molar refractivity (Wildman–Crippen MR) is 98.8 cm³/mol. The van der Waals surface area contributed by atoms with Gasteiger partial charge in [0.2, 0.25) is 0 Å². The van der Waals surface area contributed by atoms with Crippen LogP contribution < -0.4 is 5.32 Å². The maximum Gasteiger partial charge on any atom is 0.338 e. The van der Waals surface area contributed by atoms with Crippen LogP contribution in [0.15, 0.2) is 60.7 Å². The first-order chi connectivity index (χ1) is 12.0. The van der Waals surface area contributed by atoms with E-state index >= 15 is 0 Å². The highest BCUT2D eigenvalue weighted by Gasteiger charge is 2.11. The number of hydrogen-bond donors (Lipinski definition) is 1. The number of nitrogens with one attached hydrogen (secondary N) is 1. The fraction of sp³-hybridized carbons (Fsp3) is 0.143. The third kappa shape index (κ3) is 4.23. The molecule has 126 valence electrons. The number of aryl methyl sites for hydroxylation is 2. The Hall–Kier alpha value is -3.14. The fourth-order valence-corrected chi connectivity index (χ4v) is 2.77. The van der Waals surface area contributed by atoms with Crippen LogP contribution in [0, 0.1) is 13.8 Å². The predicted octanol–water partition coefficient (Wildman–Crippen LogP) is 4.25. The Labute approximate surface area is 146 Å². The van der Waals surface area contributed by atoms with E-state index in [-0.39, 0.29) is 12.5 Å². The largest absolute Gasteiger partial charge is 0.452 e. The van der Waals surface area contributed by atoms with Crippen LogP contribution in [0.3, 0.4) is 0 Å². The minimum Gasteiger partial charge on any atom is -0.452 e. The number of esters is 1. The summed E-state index contributed by atoms with van der Waals surface area (Å²) in [5.41, 5.74) is 3.24. The van der Waals surface area contributed by atoms with Gasteiger partial charge in [-0.2, -0.15) is 0 Å². The Bertz CT molecular complexity index is 927. The second kappa shape index (κ2) is 7.18. The molecule has 25 heavy (non-hydrogen) atoms. The van der Waals surface area contributed by atoms with E-state index in [1.54, 1.807) is 12.1 Å². The van der Waals surface area contributed by atoms with Crippen molar-refractivity contribution in [3.05, 3.63) is 77.4 Å². The first-order valence-electron chi connectivity index (χ1n) is 8.05. The lowest BCUT2D eigenvalue weighted by atomic mass is 10.1. The second-order valence-corrected chi connectivity index (χ2v) is 6.06. The van der Waals surface area contributed by atoms with Crippen LogP contribution in [-0.2, 0) is 9.53 Å². The minimum atomic E-state index is -0.513. The Morgan fingerprint density at radius 1 is 0.880 bits per heavy atom. The van der Waals surface area contributed by atoms with Crippen molar-refractivity contribution in [3.63, 3.8) is 0 Å². The molecule has 4 heteroatoms. The van der Waals surface area contributed by atoms with Crippen molar-refractivity contribution in [3.8, 4) is 0 Å². The van der Waals surface area contributed by atoms with Gasteiger partial charge in [-0.1, -0.05) is 36.4 Å². The van der Waals surface area contributed by atoms with E-state index in [9.17, 15) is 9.59 Å². The molecule has 0 fully saturated rings. The highest BCUT2D eigenvalue weighted by molar-refractivity contribution is 5.98. The number of carbonyl (C=O) groups excluding carboxylic acids is 2. The first-order valence-corrected chi connectivity index (χ1v) is 8.05. The molecule has 1 amide bonds. The second-order valence-electron chi connectivity index (χ2n) is 6.06. The average molecular weight is 333 g/mol. The molecule has 0 aliphatic carbocycles. The molecule has 4 nitrogen and oxygen atoms in total. The number of fused-ring (bicyclic) bond motifs is 1. The first kappa shape index (κ1) is 16.7. The third-order valence-electron chi connectivity index (χ3n) is 3.82. The van der Waals surface area contributed by atoms with Crippen LogP contribution >= 0.6 is 0 Å². The molecule has 0 aliphatic heterocycles. The van der Waals surface area contributed by atoms with Crippen LogP contribution in [-0.4, -0.2) is 18.5 Å². The van der Waals surface area contributed by atoms with Gasteiger partial charge in [-0.15, -0.1) is 0 Å². The van der Waals surface area contributed by atoms with Crippen molar-refractivity contribution in [2.75, 3.05) is 11.9 Å². The van der Waals surface area contributed by atoms with Crippen molar-refractivity contribution in [1.82, 2.24) is 0 Å². The van der Waals surface area contributed by atoms with Crippen molar-refractivity contribution in [1.29, 1.82) is 0 Å². The maximum absolute atomic E-state index is 12.2. The van der Waals surface area contributed by atoms with E-state index in [2.05, 4.69) is 5.32 Å². The maximum atomic E-state index is 12.2. The van der Waals surface area contributed by atoms with Gasteiger partial charge in [0.05, 0.1) is 5.56 Å². The monoisotopic (exact) mass is 333 g/mol. The van der Waals surface area contributed by atoms with Gasteiger partial charge < -0.3 is 10.1 Å². The van der Waals surface area contributed by atoms with Crippen LogP contribution in [0.25, 0.3) is 10.8 Å². The van der Waals surface area contributed by atoms with Crippen molar-refractivity contribution in [2.45, 2.75) is 13.8 Å². The summed E-state index contributed by atoms with van der Waals surface area (Å²) in [5, 5.41) is 4.75. The van der Waals surface area contributed by atoms with Gasteiger partial charge in [0.25, 0.3) is 5.91 Å². The van der Waals surface area contributed by atoms with Gasteiger partial charge in [0, 0.05) is 5.69 Å². The lowest BCUT2D eigenvalue weighted by Gasteiger charge is -2.09. The molecule has 0 aromatic heterocycles. The normalized spacial score (nSPS) is 10.5. The van der Waals surface area contributed by atoms with Crippen LogP contribution in [0.2, 0.25) is 0 Å². The van der Waals surface area contributed by atoms with Crippen LogP contribution in [0.4, 0.5) is 5.69 Å². The lowest BCUT2D eigenvalue weighted by Crippen LogP contribution is -2.21. The van der Waals surface area contributed by atoms with Crippen molar-refractivity contribution < 1.29 is 14.3 Å². The van der Waals surface area contributed by atoms with Gasteiger partial charge in [-0.25, -0.2) is 4.79 Å². The van der Waals surface area contributed by atoms with Gasteiger partial charge in [0.15, 0.2) is 6.61 Å². The van der Waals surface area contributed by atoms with E-state index in [4.69, 9.17) is 4.74 Å². The molecule has 0 radical (unpaired) electrons. The number of carbonyl (C=O) groups is 2. The molecule has 0 unspecified atom stereocenters. The van der Waals surface area contributed by atoms with Crippen molar-refractivity contribution in [2.24, 2.45) is 0 Å². The zero-order valence-corrected chi connectivity index (χ0v) is 14.2. The summed E-state index contributed by atoms with van der Waals surface area (Å²) in [4.78, 5) is 24.1. The van der Waals surface area contributed by atoms with Gasteiger partial charge in [0.1, 0.15) is 0 Å². The topological polar surface area (TPSA) is 55.4 Å². The molecule has 3 aromatic carbocycles. The number of anilines is 1. The summed E-state index contributed by atoms with van der Waals surface area (Å²) in [7, 11) is 0. The van der Waals surface area contributed by atoms with E-state index in [0.717, 1.165) is 21.9 Å². The van der Waals surface area contributed by atoms with Gasteiger partial charge in [-0.05, 0) is 60.0 Å². The number of benzene rings is 3. The minimum absolute atomic E-state index is 0.321. The van der Waals surface area contributed by atoms with E-state index in [1.165, 1.54) is 0 Å². The summed E-state index contributed by atoms with van der Waals surface area (Å²) in [6, 6.07) is 18.8. The number of ether oxygens (including phenoxy) is 1. The molecule has 0 heterocycles. The standard InChI is InChI=1S/C21H19NO3/c1-14-9-15(2)11-19(10-14)22-20(23)13-25-21(24)18-8-7-16-5-3-4-6-17(16)12-18/h3-12H,13H2,1-2H3,(H,22,23). The van der Waals surface area contributed by atoms with E-state index in [1.807, 2.05) is 62.4 Å². The molecule has 0 spiro atoms. The lowest BCUT2D eigenvalue weighted by molar-refractivity contribution is -0.119. The fourth-order valence-electron chi connectivity index (χ4n) is 2.77. The molecule has 1 N–H and O–H groups in total. The molecule has 0 saturated heterocycles. The molecule has 3 rings (SSSR count). The zero-order chi connectivity index (χ0) is 17.8. The van der Waals surface area contributed by atoms with Gasteiger partial charge >= 0.3 is 5.97 Å². The Kier molecular flexibility index (Phi) is 4.80. The van der Waals surface area contributed by atoms with E-state index < -0.39 is 5.97 Å². The molecule has 0 saturated carbocycles. The smallest absolute Gasteiger partial charge is 0.338 e. The SMILES string of the molecule is Cc1cc(C)cc(NC(=O)COC(=O)c2ccc3ccccc3c2)c1. The summed E-state index contributed by atoms with van der Waals surface area (Å²) in [5.74, 6) is -0.875. The molecular formula is C21H19NO3. The number of hydrogen-bond acceptors (Lipinski definition) is 3. The summed E-state index contributed by atoms with van der Waals surface area (Å²) in [6.45, 7) is 3.60. The Balaban J connectivity index is 1.61. The zero-order valence-electron chi connectivity index (χ0n) is 14.2. The molecular weight excluding hydrogens is 314 g/mol. The summed E-state index contributed by atoms with van der Waals surface area (Å²) < 4.78 is 5.12. The highest BCUT2D eigenvalue weighted by atomic mass is 16.5. The van der Waals surface area contributed by atoms with Gasteiger partial charge in [-0.3, -0.25) is 4.79 Å². The van der Waals surface area contributed by atoms with Crippen LogP contribution in [0.1, 0.15) is 21.5 Å². The molecule has 3 aromatic rings. The quantitative estimate of drug-likeness (QED) is 0.726. The summed E-state index contributed by atoms with van der Waals surface area (Å²) >= 11 is 0. The van der Waals surface area contributed by atoms with Crippen molar-refractivity contribution >= 4 is 28.3 Å². The number of rotatable bonds is 4. The third-order valence-corrected chi connectivity index (χ3v) is 3.82. The molecule has 0 atom stereocenters. The Morgan fingerprint density at radius 3 is 2.28 bits per heavy atom. The Morgan fingerprint density at radius 2 is 1.56 bits per heavy atom. The van der Waals surface area contributed by atoms with E-state index in [0.29, 0.717) is 11.3 Å². The molecule has 0 bridgehead atoms. The summed E-state index contributed by atoms with van der Waals surface area (Å²) in [6.07, 6.45) is 0. The van der Waals surface area contributed by atoms with Crippen LogP contribution in [0.5, 0.6) is 0 Å². The average Bonchev–Trinajstić information content (AvgIpc) is 2.58. The highest BCUT2D eigenvalue weighted by Crippen LogP contribution is 2.16.